The lowest BCUT2D eigenvalue weighted by molar-refractivity contribution is -0.114. The number of para-hydroxylation sites is 1. The number of carbonyl (C=O) groups is 1. The van der Waals surface area contributed by atoms with E-state index in [9.17, 15) is 9.18 Å². The van der Waals surface area contributed by atoms with Crippen LogP contribution in [0.15, 0.2) is 42.5 Å². The van der Waals surface area contributed by atoms with E-state index in [4.69, 9.17) is 11.6 Å². The van der Waals surface area contributed by atoms with E-state index in [-0.39, 0.29) is 10.9 Å². The second-order valence-electron chi connectivity index (χ2n) is 4.29. The third-order valence-corrected chi connectivity index (χ3v) is 3.04. The lowest BCUT2D eigenvalue weighted by atomic mass is 10.1. The van der Waals surface area contributed by atoms with Gasteiger partial charge in [-0.2, -0.15) is 0 Å². The summed E-state index contributed by atoms with van der Waals surface area (Å²) in [7, 11) is 0. The van der Waals surface area contributed by atoms with Crippen molar-refractivity contribution in [3.63, 3.8) is 0 Å². The first-order chi connectivity index (χ1) is 9.58. The Morgan fingerprint density at radius 3 is 2.60 bits per heavy atom. The topological polar surface area (TPSA) is 41.1 Å². The van der Waals surface area contributed by atoms with Crippen LogP contribution in [0.1, 0.15) is 12.5 Å². The van der Waals surface area contributed by atoms with Gasteiger partial charge in [-0.25, -0.2) is 4.39 Å². The Bertz CT molecular complexity index is 631. The Morgan fingerprint density at radius 2 is 1.85 bits per heavy atom. The van der Waals surface area contributed by atoms with Gasteiger partial charge in [0, 0.05) is 19.2 Å². The van der Waals surface area contributed by atoms with Gasteiger partial charge < -0.3 is 10.6 Å². The fourth-order valence-corrected chi connectivity index (χ4v) is 1.99. The second kappa shape index (κ2) is 6.39. The van der Waals surface area contributed by atoms with Crippen LogP contribution in [-0.2, 0) is 11.3 Å². The minimum Gasteiger partial charge on any atom is -0.378 e. The first-order valence-electron chi connectivity index (χ1n) is 6.11. The van der Waals surface area contributed by atoms with Crippen molar-refractivity contribution >= 4 is 28.9 Å². The first-order valence-corrected chi connectivity index (χ1v) is 6.49. The van der Waals surface area contributed by atoms with Crippen LogP contribution < -0.4 is 10.6 Å². The highest BCUT2D eigenvalue weighted by Gasteiger charge is 2.07. The molecule has 2 N–H and O–H groups in total. The number of rotatable bonds is 4. The molecule has 0 aromatic heterocycles. The highest BCUT2D eigenvalue weighted by Crippen LogP contribution is 2.23. The Kier molecular flexibility index (Phi) is 4.58. The lowest BCUT2D eigenvalue weighted by Crippen LogP contribution is -2.10. The van der Waals surface area contributed by atoms with Gasteiger partial charge in [0.25, 0.3) is 0 Å². The molecule has 0 saturated carbocycles. The zero-order chi connectivity index (χ0) is 14.5. The maximum absolute atomic E-state index is 13.8. The fourth-order valence-electron chi connectivity index (χ4n) is 1.82. The van der Waals surface area contributed by atoms with Crippen LogP contribution in [-0.4, -0.2) is 5.91 Å². The first kappa shape index (κ1) is 14.3. The number of carbonyl (C=O) groups excluding carboxylic acids is 1. The number of nitrogens with one attached hydrogen (secondary N) is 2. The van der Waals surface area contributed by atoms with Crippen molar-refractivity contribution in [3.8, 4) is 0 Å². The third-order valence-electron chi connectivity index (χ3n) is 2.75. The molecule has 0 spiro atoms. The smallest absolute Gasteiger partial charge is 0.221 e. The minimum atomic E-state index is -0.480. The molecule has 0 bridgehead atoms. The summed E-state index contributed by atoms with van der Waals surface area (Å²) in [4.78, 5) is 11.1. The monoisotopic (exact) mass is 292 g/mol. The number of benzene rings is 2. The van der Waals surface area contributed by atoms with E-state index in [1.807, 2.05) is 18.2 Å². The summed E-state index contributed by atoms with van der Waals surface area (Å²) >= 11 is 5.72. The maximum atomic E-state index is 13.8. The molecule has 0 saturated heterocycles. The zero-order valence-electron chi connectivity index (χ0n) is 10.9. The van der Waals surface area contributed by atoms with Gasteiger partial charge in [-0.15, -0.1) is 0 Å². The highest BCUT2D eigenvalue weighted by molar-refractivity contribution is 6.31. The number of hydrogen-bond donors (Lipinski definition) is 2. The van der Waals surface area contributed by atoms with E-state index in [2.05, 4.69) is 10.6 Å². The standard InChI is InChI=1S/C15H14ClFN2O/c1-10(20)19-13-7-3-2-5-11(13)9-18-14-8-4-6-12(16)15(14)17/h2-8,18H,9H2,1H3,(H,19,20). The molecule has 20 heavy (non-hydrogen) atoms. The van der Waals surface area contributed by atoms with Crippen molar-refractivity contribution in [1.29, 1.82) is 0 Å². The molecule has 104 valence electrons. The molecule has 0 heterocycles. The summed E-state index contributed by atoms with van der Waals surface area (Å²) in [5.41, 5.74) is 1.90. The minimum absolute atomic E-state index is 0.0742. The maximum Gasteiger partial charge on any atom is 0.221 e. The van der Waals surface area contributed by atoms with Crippen LogP contribution in [0, 0.1) is 5.82 Å². The van der Waals surface area contributed by atoms with Crippen LogP contribution in [0.25, 0.3) is 0 Å². The van der Waals surface area contributed by atoms with Crippen LogP contribution in [0.2, 0.25) is 5.02 Å². The van der Waals surface area contributed by atoms with Crippen LogP contribution in [0.3, 0.4) is 0 Å². The summed E-state index contributed by atoms with van der Waals surface area (Å²) in [5, 5.41) is 5.78. The summed E-state index contributed by atoms with van der Waals surface area (Å²) < 4.78 is 13.8. The number of amides is 1. The van der Waals surface area contributed by atoms with E-state index >= 15 is 0 Å². The predicted molar refractivity (Wildman–Crippen MR) is 79.5 cm³/mol. The molecule has 0 unspecified atom stereocenters. The molecular formula is C15H14ClFN2O. The molecule has 0 aliphatic rings. The van der Waals surface area contributed by atoms with Gasteiger partial charge in [0.1, 0.15) is 0 Å². The van der Waals surface area contributed by atoms with Crippen molar-refractivity contribution in [3.05, 3.63) is 58.9 Å². The van der Waals surface area contributed by atoms with Gasteiger partial charge in [-0.1, -0.05) is 35.9 Å². The molecule has 0 atom stereocenters. The summed E-state index contributed by atoms with van der Waals surface area (Å²) in [6, 6.07) is 12.1. The quantitative estimate of drug-likeness (QED) is 0.892. The summed E-state index contributed by atoms with van der Waals surface area (Å²) in [5.74, 6) is -0.627. The predicted octanol–water partition coefficient (Wildman–Crippen LogP) is 4.05. The molecule has 2 aromatic rings. The normalized spacial score (nSPS) is 10.2. The average Bonchev–Trinajstić information content (AvgIpc) is 2.41. The van der Waals surface area contributed by atoms with Gasteiger partial charge in [0.15, 0.2) is 5.82 Å². The van der Waals surface area contributed by atoms with Crippen molar-refractivity contribution in [2.75, 3.05) is 10.6 Å². The molecule has 2 rings (SSSR count). The van der Waals surface area contributed by atoms with E-state index in [0.717, 1.165) is 5.56 Å². The van der Waals surface area contributed by atoms with Gasteiger partial charge in [0.05, 0.1) is 10.7 Å². The molecule has 5 heteroatoms. The van der Waals surface area contributed by atoms with Crippen molar-refractivity contribution in [2.24, 2.45) is 0 Å². The highest BCUT2D eigenvalue weighted by atomic mass is 35.5. The van der Waals surface area contributed by atoms with Gasteiger partial charge in [-0.05, 0) is 23.8 Å². The lowest BCUT2D eigenvalue weighted by Gasteiger charge is -2.12. The fraction of sp³-hybridized carbons (Fsp3) is 0.133. The van der Waals surface area contributed by atoms with E-state index in [1.54, 1.807) is 18.2 Å². The second-order valence-corrected chi connectivity index (χ2v) is 4.70. The molecule has 3 nitrogen and oxygen atoms in total. The number of hydrogen-bond acceptors (Lipinski definition) is 2. The van der Waals surface area contributed by atoms with E-state index < -0.39 is 5.82 Å². The van der Waals surface area contributed by atoms with Crippen LogP contribution in [0.4, 0.5) is 15.8 Å². The van der Waals surface area contributed by atoms with Gasteiger partial charge in [0.2, 0.25) is 5.91 Å². The molecule has 2 aromatic carbocycles. The molecular weight excluding hydrogens is 279 g/mol. The molecule has 0 aliphatic heterocycles. The Hall–Kier alpha value is -2.07. The van der Waals surface area contributed by atoms with Crippen LogP contribution in [0.5, 0.6) is 0 Å². The van der Waals surface area contributed by atoms with Crippen LogP contribution >= 0.6 is 11.6 Å². The van der Waals surface area contributed by atoms with Crippen molar-refractivity contribution < 1.29 is 9.18 Å². The zero-order valence-corrected chi connectivity index (χ0v) is 11.7. The number of halogens is 2. The molecule has 0 radical (unpaired) electrons. The van der Waals surface area contributed by atoms with Gasteiger partial charge in [-0.3, -0.25) is 4.79 Å². The Balaban J connectivity index is 2.15. The molecule has 0 aliphatic carbocycles. The average molecular weight is 293 g/mol. The largest absolute Gasteiger partial charge is 0.378 e. The molecule has 0 fully saturated rings. The van der Waals surface area contributed by atoms with E-state index in [0.29, 0.717) is 17.9 Å². The Labute approximate surface area is 121 Å². The van der Waals surface area contributed by atoms with Crippen molar-refractivity contribution in [1.82, 2.24) is 0 Å². The molecule has 1 amide bonds. The number of anilines is 2. The van der Waals surface area contributed by atoms with Crippen molar-refractivity contribution in [2.45, 2.75) is 13.5 Å². The van der Waals surface area contributed by atoms with Gasteiger partial charge >= 0.3 is 0 Å². The third kappa shape index (κ3) is 3.48. The summed E-state index contributed by atoms with van der Waals surface area (Å²) in [6.45, 7) is 1.83. The summed E-state index contributed by atoms with van der Waals surface area (Å²) in [6.07, 6.45) is 0. The SMILES string of the molecule is CC(=O)Nc1ccccc1CNc1cccc(Cl)c1F. The Morgan fingerprint density at radius 1 is 1.15 bits per heavy atom. The van der Waals surface area contributed by atoms with E-state index in [1.165, 1.54) is 13.0 Å².